The van der Waals surface area contributed by atoms with E-state index in [-0.39, 0.29) is 0 Å². The van der Waals surface area contributed by atoms with Gasteiger partial charge in [0.1, 0.15) is 0 Å². The summed E-state index contributed by atoms with van der Waals surface area (Å²) in [6.07, 6.45) is 8.79. The summed E-state index contributed by atoms with van der Waals surface area (Å²) in [4.78, 5) is 4.20. The Balaban J connectivity index is 2.51. The third kappa shape index (κ3) is 1.28. The molecule has 0 bridgehead atoms. The minimum absolute atomic E-state index is 0.570. The maximum Gasteiger partial charge on any atom is 0.0949 e. The molecule has 2 rings (SSSR count). The van der Waals surface area contributed by atoms with Crippen molar-refractivity contribution < 1.29 is 0 Å². The van der Waals surface area contributed by atoms with Gasteiger partial charge < -0.3 is 11.5 Å². The second-order valence-corrected chi connectivity index (χ2v) is 2.96. The van der Waals surface area contributed by atoms with Gasteiger partial charge in [0.15, 0.2) is 0 Å². The summed E-state index contributed by atoms with van der Waals surface area (Å²) in [5.74, 6) is 0. The minimum Gasteiger partial charge on any atom is -0.397 e. The first-order valence-corrected chi connectivity index (χ1v) is 4.16. The van der Waals surface area contributed by atoms with Crippen LogP contribution in [0.5, 0.6) is 0 Å². The van der Waals surface area contributed by atoms with Crippen LogP contribution in [0.1, 0.15) is 12.1 Å². The molecule has 0 amide bonds. The van der Waals surface area contributed by atoms with Crippen molar-refractivity contribution in [1.29, 1.82) is 0 Å². The summed E-state index contributed by atoms with van der Waals surface area (Å²) in [6.45, 7) is 0. The Kier molecular flexibility index (Phi) is 1.77. The Bertz CT molecular complexity index is 391. The maximum absolute atomic E-state index is 5.80. The second-order valence-electron chi connectivity index (χ2n) is 2.96. The number of allylic oxidation sites excluding steroid dienone is 4. The lowest BCUT2D eigenvalue weighted by Gasteiger charge is -2.05. The molecule has 0 aliphatic heterocycles. The molecule has 0 radical (unpaired) electrons. The summed E-state index contributed by atoms with van der Waals surface area (Å²) in [5.41, 5.74) is 14.5. The summed E-state index contributed by atoms with van der Waals surface area (Å²) in [7, 11) is 0. The van der Waals surface area contributed by atoms with E-state index in [1.54, 1.807) is 12.3 Å². The largest absolute Gasteiger partial charge is 0.397 e. The average Bonchev–Trinajstić information content (AvgIpc) is 2.62. The summed E-state index contributed by atoms with van der Waals surface area (Å²) >= 11 is 0. The van der Waals surface area contributed by atoms with Crippen molar-refractivity contribution in [3.05, 3.63) is 36.2 Å². The van der Waals surface area contributed by atoms with Gasteiger partial charge in [-0.15, -0.1) is 0 Å². The molecule has 1 aliphatic rings. The molecule has 3 heteroatoms. The van der Waals surface area contributed by atoms with Gasteiger partial charge in [0.05, 0.1) is 17.1 Å². The van der Waals surface area contributed by atoms with Crippen LogP contribution < -0.4 is 11.5 Å². The van der Waals surface area contributed by atoms with E-state index in [4.69, 9.17) is 11.5 Å². The van der Waals surface area contributed by atoms with E-state index in [9.17, 15) is 0 Å². The molecular weight excluding hydrogens is 162 g/mol. The van der Waals surface area contributed by atoms with Crippen LogP contribution in [0.25, 0.3) is 5.57 Å². The highest BCUT2D eigenvalue weighted by Crippen LogP contribution is 2.27. The van der Waals surface area contributed by atoms with Crippen molar-refractivity contribution in [3.8, 4) is 0 Å². The number of nitrogens with two attached hydrogens (primary N) is 2. The van der Waals surface area contributed by atoms with E-state index in [2.05, 4.69) is 17.1 Å². The van der Waals surface area contributed by atoms with E-state index >= 15 is 0 Å². The number of aromatic nitrogens is 1. The average molecular weight is 173 g/mol. The van der Waals surface area contributed by atoms with Gasteiger partial charge in [-0.25, -0.2) is 0 Å². The van der Waals surface area contributed by atoms with Crippen molar-refractivity contribution in [2.24, 2.45) is 0 Å². The van der Waals surface area contributed by atoms with Crippen LogP contribution in [-0.4, -0.2) is 4.98 Å². The molecule has 4 N–H and O–H groups in total. The van der Waals surface area contributed by atoms with Gasteiger partial charge in [0.25, 0.3) is 0 Å². The molecule has 1 aromatic rings. The summed E-state index contributed by atoms with van der Waals surface area (Å²) < 4.78 is 0. The van der Waals surface area contributed by atoms with E-state index in [0.717, 1.165) is 17.7 Å². The zero-order valence-corrected chi connectivity index (χ0v) is 7.20. The van der Waals surface area contributed by atoms with Gasteiger partial charge in [-0.2, -0.15) is 0 Å². The lowest BCUT2D eigenvalue weighted by atomic mass is 10.1. The highest BCUT2D eigenvalue weighted by Gasteiger charge is 2.08. The molecule has 0 saturated carbocycles. The number of nitrogens with zero attached hydrogens (tertiary/aromatic N) is 1. The lowest BCUT2D eigenvalue weighted by Crippen LogP contribution is -2.00. The monoisotopic (exact) mass is 173 g/mol. The zero-order valence-electron chi connectivity index (χ0n) is 7.20. The Labute approximate surface area is 76.8 Å². The Hall–Kier alpha value is -1.77. The molecule has 66 valence electrons. The summed E-state index contributed by atoms with van der Waals surface area (Å²) in [5, 5.41) is 0. The predicted molar refractivity (Wildman–Crippen MR) is 54.8 cm³/mol. The first-order valence-electron chi connectivity index (χ1n) is 4.16. The molecule has 3 nitrogen and oxygen atoms in total. The number of pyridine rings is 1. The number of hydrogen-bond donors (Lipinski definition) is 2. The number of rotatable bonds is 1. The Morgan fingerprint density at radius 2 is 2.15 bits per heavy atom. The number of nitrogen functional groups attached to an aromatic ring is 2. The third-order valence-electron chi connectivity index (χ3n) is 2.07. The predicted octanol–water partition coefficient (Wildman–Crippen LogP) is 1.59. The van der Waals surface area contributed by atoms with Gasteiger partial charge in [0.2, 0.25) is 0 Å². The first kappa shape index (κ1) is 7.86. The fourth-order valence-corrected chi connectivity index (χ4v) is 1.35. The topological polar surface area (TPSA) is 64.9 Å². The molecular formula is C10H11N3. The Morgan fingerprint density at radius 3 is 2.85 bits per heavy atom. The van der Waals surface area contributed by atoms with E-state index < -0.39 is 0 Å². The quantitative estimate of drug-likeness (QED) is 0.677. The van der Waals surface area contributed by atoms with Crippen LogP contribution in [-0.2, 0) is 0 Å². The molecule has 1 aromatic heterocycles. The van der Waals surface area contributed by atoms with Gasteiger partial charge in [-0.1, -0.05) is 18.2 Å². The molecule has 0 unspecified atom stereocenters. The van der Waals surface area contributed by atoms with Crippen LogP contribution in [0.3, 0.4) is 0 Å². The highest BCUT2D eigenvalue weighted by molar-refractivity contribution is 5.84. The molecule has 0 fully saturated rings. The standard InChI is InChI=1S/C10H11N3/c11-8-5-6-13-10(9(8)12)7-3-1-2-4-7/h1,3-6H,2,12H2,(H2,11,13). The molecule has 13 heavy (non-hydrogen) atoms. The Morgan fingerprint density at radius 1 is 1.31 bits per heavy atom. The van der Waals surface area contributed by atoms with Gasteiger partial charge >= 0.3 is 0 Å². The SMILES string of the molecule is Nc1ccnc(C2=CCC=C2)c1N. The fourth-order valence-electron chi connectivity index (χ4n) is 1.35. The van der Waals surface area contributed by atoms with E-state index in [0.29, 0.717) is 11.4 Å². The zero-order chi connectivity index (χ0) is 9.26. The number of anilines is 2. The van der Waals surface area contributed by atoms with E-state index in [1.165, 1.54) is 0 Å². The third-order valence-corrected chi connectivity index (χ3v) is 2.07. The van der Waals surface area contributed by atoms with Crippen LogP contribution in [0.15, 0.2) is 30.5 Å². The van der Waals surface area contributed by atoms with Crippen LogP contribution >= 0.6 is 0 Å². The normalized spacial score (nSPS) is 14.6. The molecule has 0 atom stereocenters. The minimum atomic E-state index is 0.570. The first-order chi connectivity index (χ1) is 6.29. The van der Waals surface area contributed by atoms with Crippen LogP contribution in [0, 0.1) is 0 Å². The van der Waals surface area contributed by atoms with Gasteiger partial charge in [0, 0.05) is 6.20 Å². The molecule has 0 spiro atoms. The van der Waals surface area contributed by atoms with E-state index in [1.807, 2.05) is 6.08 Å². The van der Waals surface area contributed by atoms with Crippen LogP contribution in [0.2, 0.25) is 0 Å². The maximum atomic E-state index is 5.80. The van der Waals surface area contributed by atoms with Gasteiger partial charge in [-0.3, -0.25) is 4.98 Å². The molecule has 1 heterocycles. The molecule has 1 aliphatic carbocycles. The van der Waals surface area contributed by atoms with Crippen molar-refractivity contribution in [2.45, 2.75) is 6.42 Å². The second kappa shape index (κ2) is 2.94. The number of hydrogen-bond acceptors (Lipinski definition) is 3. The van der Waals surface area contributed by atoms with Gasteiger partial charge in [-0.05, 0) is 18.1 Å². The molecule has 0 saturated heterocycles. The lowest BCUT2D eigenvalue weighted by molar-refractivity contribution is 1.29. The smallest absolute Gasteiger partial charge is 0.0949 e. The van der Waals surface area contributed by atoms with Crippen molar-refractivity contribution in [2.75, 3.05) is 11.5 Å². The van der Waals surface area contributed by atoms with Crippen molar-refractivity contribution >= 4 is 16.9 Å². The van der Waals surface area contributed by atoms with Crippen LogP contribution in [0.4, 0.5) is 11.4 Å². The van der Waals surface area contributed by atoms with Crippen molar-refractivity contribution in [3.63, 3.8) is 0 Å². The fraction of sp³-hybridized carbons (Fsp3) is 0.100. The highest BCUT2D eigenvalue weighted by atomic mass is 14.8. The summed E-state index contributed by atoms with van der Waals surface area (Å²) in [6, 6.07) is 1.71. The molecule has 0 aromatic carbocycles. The van der Waals surface area contributed by atoms with Crippen molar-refractivity contribution in [1.82, 2.24) is 4.98 Å².